The van der Waals surface area contributed by atoms with Crippen molar-refractivity contribution in [1.29, 1.82) is 0 Å². The maximum absolute atomic E-state index is 4.38. The molecule has 0 amide bonds. The highest BCUT2D eigenvalue weighted by molar-refractivity contribution is 8.00. The Morgan fingerprint density at radius 3 is 2.84 bits per heavy atom. The Balaban J connectivity index is 1.59. The molecule has 4 nitrogen and oxygen atoms in total. The average molecular weight is 350 g/mol. The lowest BCUT2D eigenvalue weighted by Gasteiger charge is -2.38. The van der Waals surface area contributed by atoms with Gasteiger partial charge in [-0.3, -0.25) is 4.98 Å². The predicted molar refractivity (Wildman–Crippen MR) is 103 cm³/mol. The summed E-state index contributed by atoms with van der Waals surface area (Å²) in [6.45, 7) is 4.28. The molecule has 1 atom stereocenters. The molecule has 5 rings (SSSR count). The number of piperidine rings is 1. The number of anilines is 1. The van der Waals surface area contributed by atoms with Gasteiger partial charge in [-0.1, -0.05) is 23.9 Å². The molecule has 0 bridgehead atoms. The molecule has 3 aliphatic heterocycles. The smallest absolute Gasteiger partial charge is 0.159 e. The fourth-order valence-electron chi connectivity index (χ4n) is 4.09. The van der Waals surface area contributed by atoms with E-state index in [4.69, 9.17) is 0 Å². The van der Waals surface area contributed by atoms with Gasteiger partial charge in [0.25, 0.3) is 0 Å². The largest absolute Gasteiger partial charge is 0.337 e. The van der Waals surface area contributed by atoms with Gasteiger partial charge in [0.2, 0.25) is 0 Å². The summed E-state index contributed by atoms with van der Waals surface area (Å²) in [5, 5.41) is 3.50. The van der Waals surface area contributed by atoms with Crippen LogP contribution >= 0.6 is 11.8 Å². The summed E-state index contributed by atoms with van der Waals surface area (Å²) in [6.07, 6.45) is 6.67. The fraction of sp³-hybridized carbons (Fsp3) is 0.350. The molecule has 0 spiro atoms. The number of pyridine rings is 1. The Hall–Kier alpha value is -1.98. The summed E-state index contributed by atoms with van der Waals surface area (Å²) in [4.78, 5) is 10.9. The maximum Gasteiger partial charge on any atom is 0.159 e. The van der Waals surface area contributed by atoms with Gasteiger partial charge < -0.3 is 15.1 Å². The quantitative estimate of drug-likeness (QED) is 0.893. The number of fused-ring (bicyclic) bond motifs is 3. The Morgan fingerprint density at radius 1 is 1.16 bits per heavy atom. The minimum absolute atomic E-state index is 0.337. The summed E-state index contributed by atoms with van der Waals surface area (Å²) < 4.78 is 0. The molecule has 1 unspecified atom stereocenters. The zero-order chi connectivity index (χ0) is 16.8. The van der Waals surface area contributed by atoms with Gasteiger partial charge in [0.15, 0.2) is 5.50 Å². The van der Waals surface area contributed by atoms with E-state index >= 15 is 0 Å². The van der Waals surface area contributed by atoms with Crippen molar-refractivity contribution in [3.05, 3.63) is 60.1 Å². The average Bonchev–Trinajstić information content (AvgIpc) is 3.18. The molecule has 1 aromatic heterocycles. The predicted octanol–water partition coefficient (Wildman–Crippen LogP) is 3.65. The summed E-state index contributed by atoms with van der Waals surface area (Å²) >= 11 is 1.97. The Kier molecular flexibility index (Phi) is 3.71. The standard InChI is InChI=1S/C20H22N4S/c1-14-12-15(6-11-22-14)18-13-23-17-4-2-3-5-19(17)25-20(23)24(18)16-7-9-21-10-8-16/h2-6,11-13,16,20-21H,7-10H2,1H3. The maximum atomic E-state index is 4.38. The van der Waals surface area contributed by atoms with Crippen LogP contribution in [-0.4, -0.2) is 34.5 Å². The lowest BCUT2D eigenvalue weighted by Crippen LogP contribution is -2.46. The minimum atomic E-state index is 0.337. The Bertz CT molecular complexity index is 828. The first-order valence-electron chi connectivity index (χ1n) is 8.99. The second-order valence-corrected chi connectivity index (χ2v) is 8.00. The van der Waals surface area contributed by atoms with Crippen molar-refractivity contribution in [3.63, 3.8) is 0 Å². The molecule has 0 saturated carbocycles. The summed E-state index contributed by atoms with van der Waals surface area (Å²) in [7, 11) is 0. The van der Waals surface area contributed by atoms with Gasteiger partial charge in [0.1, 0.15) is 0 Å². The van der Waals surface area contributed by atoms with Gasteiger partial charge in [-0.15, -0.1) is 0 Å². The highest BCUT2D eigenvalue weighted by Crippen LogP contribution is 2.51. The van der Waals surface area contributed by atoms with Crippen LogP contribution in [0, 0.1) is 6.92 Å². The third-order valence-electron chi connectivity index (χ3n) is 5.29. The lowest BCUT2D eigenvalue weighted by molar-refractivity contribution is 0.240. The third kappa shape index (κ3) is 2.53. The second kappa shape index (κ2) is 6.07. The fourth-order valence-corrected chi connectivity index (χ4v) is 5.46. The van der Waals surface area contributed by atoms with Crippen LogP contribution in [0.2, 0.25) is 0 Å². The van der Waals surface area contributed by atoms with E-state index in [-0.39, 0.29) is 0 Å². The molecule has 3 aliphatic rings. The van der Waals surface area contributed by atoms with Crippen molar-refractivity contribution in [2.75, 3.05) is 18.0 Å². The first-order chi connectivity index (χ1) is 12.3. The van der Waals surface area contributed by atoms with Crippen LogP contribution in [0.5, 0.6) is 0 Å². The third-order valence-corrected chi connectivity index (χ3v) is 6.55. The van der Waals surface area contributed by atoms with Crippen LogP contribution in [0.3, 0.4) is 0 Å². The monoisotopic (exact) mass is 350 g/mol. The van der Waals surface area contributed by atoms with E-state index in [1.807, 2.05) is 18.0 Å². The van der Waals surface area contributed by atoms with E-state index in [1.165, 1.54) is 34.7 Å². The second-order valence-electron chi connectivity index (χ2n) is 6.91. The molecular weight excluding hydrogens is 328 g/mol. The molecule has 128 valence electrons. The van der Waals surface area contributed by atoms with E-state index in [0.717, 1.165) is 18.8 Å². The van der Waals surface area contributed by atoms with Gasteiger partial charge in [0, 0.05) is 34.6 Å². The molecule has 0 radical (unpaired) electrons. The molecule has 1 saturated heterocycles. The van der Waals surface area contributed by atoms with Crippen molar-refractivity contribution in [1.82, 2.24) is 15.2 Å². The highest BCUT2D eigenvalue weighted by Gasteiger charge is 2.43. The number of benzene rings is 1. The summed E-state index contributed by atoms with van der Waals surface area (Å²) in [5.41, 5.74) is 5.35. The number of aryl methyl sites for hydroxylation is 1. The molecular formula is C20H22N4S. The van der Waals surface area contributed by atoms with Crippen LogP contribution in [0.25, 0.3) is 5.70 Å². The number of nitrogens with zero attached hydrogens (tertiary/aromatic N) is 3. The normalized spacial score (nSPS) is 22.8. The van der Waals surface area contributed by atoms with E-state index in [9.17, 15) is 0 Å². The van der Waals surface area contributed by atoms with E-state index < -0.39 is 0 Å². The minimum Gasteiger partial charge on any atom is -0.337 e. The molecule has 25 heavy (non-hydrogen) atoms. The molecule has 0 aliphatic carbocycles. The van der Waals surface area contributed by atoms with Gasteiger partial charge in [-0.2, -0.15) is 0 Å². The molecule has 1 N–H and O–H groups in total. The van der Waals surface area contributed by atoms with Crippen LogP contribution in [0.1, 0.15) is 24.1 Å². The number of hydrogen-bond acceptors (Lipinski definition) is 5. The van der Waals surface area contributed by atoms with E-state index in [2.05, 4.69) is 69.6 Å². The number of para-hydroxylation sites is 1. The van der Waals surface area contributed by atoms with Crippen LogP contribution in [-0.2, 0) is 0 Å². The molecule has 4 heterocycles. The number of hydrogen-bond donors (Lipinski definition) is 1. The molecule has 2 aromatic rings. The van der Waals surface area contributed by atoms with Gasteiger partial charge in [0.05, 0.1) is 11.4 Å². The van der Waals surface area contributed by atoms with E-state index in [0.29, 0.717) is 11.5 Å². The molecule has 1 aromatic carbocycles. The highest BCUT2D eigenvalue weighted by atomic mass is 32.2. The first kappa shape index (κ1) is 15.3. The Morgan fingerprint density at radius 2 is 2.00 bits per heavy atom. The summed E-state index contributed by atoms with van der Waals surface area (Å²) in [5.74, 6) is 0. The summed E-state index contributed by atoms with van der Waals surface area (Å²) in [6, 6.07) is 13.7. The van der Waals surface area contributed by atoms with Crippen molar-refractivity contribution in [3.8, 4) is 0 Å². The van der Waals surface area contributed by atoms with Gasteiger partial charge in [-0.05, 0) is 57.1 Å². The molecule has 5 heteroatoms. The van der Waals surface area contributed by atoms with Crippen molar-refractivity contribution in [2.24, 2.45) is 0 Å². The SMILES string of the molecule is Cc1cc(C2=CN3c4ccccc4SC3N2C2CCNCC2)ccn1. The topological polar surface area (TPSA) is 31.4 Å². The van der Waals surface area contributed by atoms with Crippen LogP contribution in [0.4, 0.5) is 5.69 Å². The Labute approximate surface area is 152 Å². The van der Waals surface area contributed by atoms with Crippen molar-refractivity contribution >= 4 is 23.1 Å². The first-order valence-corrected chi connectivity index (χ1v) is 9.87. The number of thioether (sulfide) groups is 1. The van der Waals surface area contributed by atoms with Gasteiger partial charge in [-0.25, -0.2) is 0 Å². The van der Waals surface area contributed by atoms with Crippen LogP contribution < -0.4 is 10.2 Å². The number of rotatable bonds is 2. The zero-order valence-corrected chi connectivity index (χ0v) is 15.2. The molecule has 1 fully saturated rings. The lowest BCUT2D eigenvalue weighted by atomic mass is 10.0. The van der Waals surface area contributed by atoms with Gasteiger partial charge >= 0.3 is 0 Å². The van der Waals surface area contributed by atoms with E-state index in [1.54, 1.807) is 0 Å². The van der Waals surface area contributed by atoms with Crippen molar-refractivity contribution in [2.45, 2.75) is 36.2 Å². The number of nitrogens with one attached hydrogen (secondary N) is 1. The van der Waals surface area contributed by atoms with Crippen molar-refractivity contribution < 1.29 is 0 Å². The zero-order valence-electron chi connectivity index (χ0n) is 14.4. The number of aromatic nitrogens is 1. The van der Waals surface area contributed by atoms with Crippen LogP contribution in [0.15, 0.2) is 53.7 Å².